The van der Waals surface area contributed by atoms with Crippen LogP contribution in [0.5, 0.6) is 0 Å². The number of hydrogen-bond donors (Lipinski definition) is 0. The smallest absolute Gasteiger partial charge is 0.302 e. The van der Waals surface area contributed by atoms with Crippen molar-refractivity contribution in [3.05, 3.63) is 77.1 Å². The van der Waals surface area contributed by atoms with Crippen molar-refractivity contribution in [1.29, 1.82) is 0 Å². The van der Waals surface area contributed by atoms with Gasteiger partial charge in [0.2, 0.25) is 0 Å². The fraction of sp³-hybridized carbons (Fsp3) is 0.222. The van der Waals surface area contributed by atoms with Crippen LogP contribution in [0.1, 0.15) is 22.5 Å². The van der Waals surface area contributed by atoms with Gasteiger partial charge in [0, 0.05) is 5.75 Å². The summed E-state index contributed by atoms with van der Waals surface area (Å²) in [6.07, 6.45) is -4.33. The van der Waals surface area contributed by atoms with Gasteiger partial charge in [-0.25, -0.2) is 0 Å². The second-order valence-corrected chi connectivity index (χ2v) is 6.53. The van der Waals surface area contributed by atoms with Crippen molar-refractivity contribution in [1.82, 2.24) is 14.8 Å². The first-order chi connectivity index (χ1) is 11.9. The van der Waals surface area contributed by atoms with Crippen LogP contribution < -0.4 is 0 Å². The van der Waals surface area contributed by atoms with Crippen LogP contribution in [-0.4, -0.2) is 14.8 Å². The third kappa shape index (κ3) is 4.42. The van der Waals surface area contributed by atoms with Crippen molar-refractivity contribution in [2.24, 2.45) is 0 Å². The number of rotatable bonds is 5. The monoisotopic (exact) mass is 363 g/mol. The number of nitrogens with zero attached hydrogens (tertiary/aromatic N) is 3. The highest BCUT2D eigenvalue weighted by molar-refractivity contribution is 7.98. The van der Waals surface area contributed by atoms with Gasteiger partial charge in [0.05, 0.1) is 12.1 Å². The van der Waals surface area contributed by atoms with E-state index in [9.17, 15) is 13.2 Å². The van der Waals surface area contributed by atoms with Crippen LogP contribution in [0.15, 0.2) is 59.8 Å². The molecule has 0 fully saturated rings. The molecule has 1 heterocycles. The Labute approximate surface area is 147 Å². The molecule has 0 aliphatic heterocycles. The summed E-state index contributed by atoms with van der Waals surface area (Å²) in [5.41, 5.74) is 1.09. The van der Waals surface area contributed by atoms with Crippen LogP contribution in [0.25, 0.3) is 0 Å². The molecule has 130 valence electrons. The van der Waals surface area contributed by atoms with E-state index in [4.69, 9.17) is 0 Å². The van der Waals surface area contributed by atoms with Crippen molar-refractivity contribution in [2.75, 3.05) is 0 Å². The lowest BCUT2D eigenvalue weighted by atomic mass is 10.1. The summed E-state index contributed by atoms with van der Waals surface area (Å²) >= 11 is 1.38. The van der Waals surface area contributed by atoms with Gasteiger partial charge in [0.1, 0.15) is 5.82 Å². The molecule has 25 heavy (non-hydrogen) atoms. The summed E-state index contributed by atoms with van der Waals surface area (Å²) in [4.78, 5) is 0. The quantitative estimate of drug-likeness (QED) is 0.601. The molecule has 0 amide bonds. The van der Waals surface area contributed by atoms with Crippen LogP contribution in [0.4, 0.5) is 13.2 Å². The Bertz CT molecular complexity index is 844. The van der Waals surface area contributed by atoms with E-state index in [1.54, 1.807) is 6.07 Å². The number of benzene rings is 2. The molecule has 3 rings (SSSR count). The number of aromatic nitrogens is 3. The van der Waals surface area contributed by atoms with E-state index in [0.29, 0.717) is 23.0 Å². The highest BCUT2D eigenvalue weighted by Gasteiger charge is 2.30. The Hall–Kier alpha value is -2.28. The average molecular weight is 363 g/mol. The minimum Gasteiger partial charge on any atom is -0.302 e. The molecule has 0 radical (unpaired) electrons. The first-order valence-electron chi connectivity index (χ1n) is 7.66. The second-order valence-electron chi connectivity index (χ2n) is 5.59. The van der Waals surface area contributed by atoms with Crippen molar-refractivity contribution < 1.29 is 13.2 Å². The highest BCUT2D eigenvalue weighted by Crippen LogP contribution is 2.31. The maximum absolute atomic E-state index is 12.8. The zero-order valence-electron chi connectivity index (χ0n) is 13.5. The van der Waals surface area contributed by atoms with Gasteiger partial charge in [-0.05, 0) is 24.1 Å². The summed E-state index contributed by atoms with van der Waals surface area (Å²) in [7, 11) is 0. The molecule has 2 aromatic carbocycles. The molecule has 1 aromatic heterocycles. The van der Waals surface area contributed by atoms with Gasteiger partial charge in [-0.3, -0.25) is 0 Å². The summed E-state index contributed by atoms with van der Waals surface area (Å²) < 4.78 is 40.4. The lowest BCUT2D eigenvalue weighted by Gasteiger charge is -2.10. The summed E-state index contributed by atoms with van der Waals surface area (Å²) in [6, 6.07) is 15.3. The van der Waals surface area contributed by atoms with Crippen molar-refractivity contribution in [3.63, 3.8) is 0 Å². The normalized spacial score (nSPS) is 11.7. The highest BCUT2D eigenvalue weighted by atomic mass is 32.2. The van der Waals surface area contributed by atoms with Crippen LogP contribution in [0.2, 0.25) is 0 Å². The Kier molecular flexibility index (Phi) is 5.13. The average Bonchev–Trinajstić information content (AvgIpc) is 2.94. The van der Waals surface area contributed by atoms with E-state index in [-0.39, 0.29) is 0 Å². The molecule has 3 aromatic rings. The maximum atomic E-state index is 12.8. The Balaban J connectivity index is 1.74. The predicted molar refractivity (Wildman–Crippen MR) is 91.3 cm³/mol. The lowest BCUT2D eigenvalue weighted by molar-refractivity contribution is -0.137. The Morgan fingerprint density at radius 3 is 2.40 bits per heavy atom. The van der Waals surface area contributed by atoms with Crippen molar-refractivity contribution in [3.8, 4) is 0 Å². The zero-order valence-corrected chi connectivity index (χ0v) is 14.3. The summed E-state index contributed by atoms with van der Waals surface area (Å²) in [5.74, 6) is 1.17. The lowest BCUT2D eigenvalue weighted by Crippen LogP contribution is -2.05. The van der Waals surface area contributed by atoms with Crippen LogP contribution in [0.3, 0.4) is 0 Å². The minimum atomic E-state index is -4.33. The van der Waals surface area contributed by atoms with Crippen LogP contribution in [0, 0.1) is 6.92 Å². The number of hydrogen-bond acceptors (Lipinski definition) is 3. The van der Waals surface area contributed by atoms with Crippen LogP contribution >= 0.6 is 11.8 Å². The second kappa shape index (κ2) is 7.31. The first kappa shape index (κ1) is 17.5. The van der Waals surface area contributed by atoms with Crippen LogP contribution in [-0.2, 0) is 18.5 Å². The van der Waals surface area contributed by atoms with Gasteiger partial charge in [0.25, 0.3) is 0 Å². The Morgan fingerprint density at radius 1 is 0.960 bits per heavy atom. The molecule has 0 spiro atoms. The van der Waals surface area contributed by atoms with Gasteiger partial charge < -0.3 is 4.57 Å². The van der Waals surface area contributed by atoms with Gasteiger partial charge in [-0.1, -0.05) is 60.3 Å². The number of thioether (sulfide) groups is 1. The number of aryl methyl sites for hydroxylation is 1. The molecule has 0 unspecified atom stereocenters. The van der Waals surface area contributed by atoms with Gasteiger partial charge in [-0.2, -0.15) is 13.2 Å². The molecule has 0 saturated heterocycles. The first-order valence-corrected chi connectivity index (χ1v) is 8.65. The maximum Gasteiger partial charge on any atom is 0.416 e. The van der Waals surface area contributed by atoms with Gasteiger partial charge in [0.15, 0.2) is 5.16 Å². The zero-order chi connectivity index (χ0) is 17.9. The van der Waals surface area contributed by atoms with E-state index in [2.05, 4.69) is 10.2 Å². The molecular weight excluding hydrogens is 347 g/mol. The van der Waals surface area contributed by atoms with Crippen molar-refractivity contribution in [2.45, 2.75) is 30.6 Å². The number of alkyl halides is 3. The van der Waals surface area contributed by atoms with E-state index in [1.165, 1.54) is 23.9 Å². The SMILES string of the molecule is Cc1nnc(SCc2cccc(C(F)(F)F)c2)n1Cc1ccccc1. The third-order valence-corrected chi connectivity index (χ3v) is 4.75. The standard InChI is InChI=1S/C18H16F3N3S/c1-13-22-23-17(24(13)11-14-6-3-2-4-7-14)25-12-15-8-5-9-16(10-15)18(19,20)21/h2-10H,11-12H2,1H3. The Morgan fingerprint density at radius 2 is 1.68 bits per heavy atom. The van der Waals surface area contributed by atoms with Gasteiger partial charge in [-0.15, -0.1) is 10.2 Å². The molecule has 3 nitrogen and oxygen atoms in total. The largest absolute Gasteiger partial charge is 0.416 e. The molecule has 7 heteroatoms. The fourth-order valence-electron chi connectivity index (χ4n) is 2.40. The third-order valence-electron chi connectivity index (χ3n) is 3.71. The molecule has 0 bridgehead atoms. The fourth-order valence-corrected chi connectivity index (χ4v) is 3.33. The van der Waals surface area contributed by atoms with E-state index >= 15 is 0 Å². The molecule has 0 aliphatic rings. The van der Waals surface area contributed by atoms with E-state index in [0.717, 1.165) is 17.5 Å². The van der Waals surface area contributed by atoms with Gasteiger partial charge >= 0.3 is 6.18 Å². The summed E-state index contributed by atoms with van der Waals surface area (Å²) in [5, 5.41) is 8.94. The predicted octanol–water partition coefficient (Wildman–Crippen LogP) is 4.95. The van der Waals surface area contributed by atoms with Crippen molar-refractivity contribution >= 4 is 11.8 Å². The molecule has 0 N–H and O–H groups in total. The summed E-state index contributed by atoms with van der Waals surface area (Å²) in [6.45, 7) is 2.49. The minimum absolute atomic E-state index is 0.400. The molecule has 0 saturated carbocycles. The molecule has 0 aliphatic carbocycles. The van der Waals surface area contributed by atoms with E-state index in [1.807, 2.05) is 41.8 Å². The van der Waals surface area contributed by atoms with E-state index < -0.39 is 11.7 Å². The number of halogens is 3. The molecular formula is C18H16F3N3S. The molecule has 0 atom stereocenters. The topological polar surface area (TPSA) is 30.7 Å².